The van der Waals surface area contributed by atoms with Crippen LogP contribution in [0.25, 0.3) is 0 Å². The Morgan fingerprint density at radius 3 is 2.52 bits per heavy atom. The fourth-order valence-corrected chi connectivity index (χ4v) is 10.4. The molecule has 6 fully saturated rings. The molecule has 174 valence electrons. The maximum Gasteiger partial charge on any atom is 0.136 e. The molecule has 4 heteroatoms. The summed E-state index contributed by atoms with van der Waals surface area (Å²) in [6.45, 7) is 9.23. The van der Waals surface area contributed by atoms with Crippen LogP contribution in [-0.2, 0) is 4.79 Å². The molecule has 4 aliphatic carbocycles. The minimum absolute atomic E-state index is 0.0789. The lowest BCUT2D eigenvalue weighted by atomic mass is 9.51. The number of aliphatic hydroxyl groups excluding tert-OH is 1. The van der Waals surface area contributed by atoms with Gasteiger partial charge in [0.15, 0.2) is 0 Å². The molecule has 0 unspecified atom stereocenters. The third-order valence-corrected chi connectivity index (χ3v) is 11.8. The number of piperidine rings is 2. The monoisotopic (exact) mass is 429 g/mol. The second kappa shape index (κ2) is 7.03. The van der Waals surface area contributed by atoms with E-state index >= 15 is 0 Å². The SMILES string of the molecule is C[C@H]1CC[C@H]2N(C1)C[C@@H]1[C@H]3C[C@H]4[C@@H](CC(=O)[C@@H]5C[C@@H](O)CC[C@]54C)[C@@H]3CC[C@@H]1[C@]2(C)O. The molecule has 6 rings (SSSR count). The Balaban J connectivity index is 1.31. The van der Waals surface area contributed by atoms with Gasteiger partial charge in [-0.2, -0.15) is 0 Å². The van der Waals surface area contributed by atoms with Crippen molar-refractivity contribution >= 4 is 5.78 Å². The average molecular weight is 430 g/mol. The highest BCUT2D eigenvalue weighted by Gasteiger charge is 2.64. The lowest BCUT2D eigenvalue weighted by molar-refractivity contribution is -0.175. The molecular formula is C27H43NO3. The highest BCUT2D eigenvalue weighted by Crippen LogP contribution is 2.66. The second-order valence-electron chi connectivity index (χ2n) is 13.2. The van der Waals surface area contributed by atoms with E-state index in [2.05, 4.69) is 25.7 Å². The van der Waals surface area contributed by atoms with E-state index in [9.17, 15) is 15.0 Å². The first kappa shape index (κ1) is 21.1. The molecule has 4 saturated carbocycles. The standard InChI is InChI=1S/C27H43NO3/c1-15-4-7-25-27(3,31)21-6-5-17-18(20(21)14-28(25)13-15)11-22-19(17)12-24(30)23-10-16(29)8-9-26(22,23)2/h15-23,25,29,31H,4-14H2,1-3H3/t15-,16-,17+,18-,19-,20+,21-,22-,23-,25+,26-,27-/m0/s1. The quantitative estimate of drug-likeness (QED) is 0.613. The summed E-state index contributed by atoms with van der Waals surface area (Å²) in [5.41, 5.74) is -0.482. The molecule has 0 spiro atoms. The summed E-state index contributed by atoms with van der Waals surface area (Å²) in [4.78, 5) is 15.9. The summed E-state index contributed by atoms with van der Waals surface area (Å²) in [5.74, 6) is 4.82. The van der Waals surface area contributed by atoms with E-state index in [1.807, 2.05) is 0 Å². The molecule has 0 radical (unpaired) electrons. The predicted molar refractivity (Wildman–Crippen MR) is 120 cm³/mol. The van der Waals surface area contributed by atoms with E-state index in [1.165, 1.54) is 25.8 Å². The van der Waals surface area contributed by atoms with E-state index in [-0.39, 0.29) is 17.4 Å². The first-order valence-corrected chi connectivity index (χ1v) is 13.4. The number of nitrogens with zero attached hydrogens (tertiary/aromatic N) is 1. The van der Waals surface area contributed by atoms with Crippen LogP contribution in [-0.4, -0.2) is 51.7 Å². The zero-order valence-electron chi connectivity index (χ0n) is 19.8. The Bertz CT molecular complexity index is 751. The number of hydrogen-bond donors (Lipinski definition) is 2. The van der Waals surface area contributed by atoms with Crippen LogP contribution in [0.1, 0.15) is 78.6 Å². The maximum absolute atomic E-state index is 13.2. The lowest BCUT2D eigenvalue weighted by Gasteiger charge is -2.59. The number of Topliss-reactive ketones (excluding diaryl/α,β-unsaturated/α-hetero) is 1. The van der Waals surface area contributed by atoms with Crippen LogP contribution >= 0.6 is 0 Å². The highest BCUT2D eigenvalue weighted by molar-refractivity contribution is 5.83. The van der Waals surface area contributed by atoms with Crippen molar-refractivity contribution in [3.8, 4) is 0 Å². The molecular weight excluding hydrogens is 386 g/mol. The first-order chi connectivity index (χ1) is 14.7. The Labute approximate surface area is 188 Å². The molecule has 0 amide bonds. The molecule has 2 saturated heterocycles. The van der Waals surface area contributed by atoms with Crippen LogP contribution in [0.5, 0.6) is 0 Å². The van der Waals surface area contributed by atoms with Crippen LogP contribution in [0.3, 0.4) is 0 Å². The van der Waals surface area contributed by atoms with Gasteiger partial charge < -0.3 is 10.2 Å². The molecule has 6 aliphatic rings. The van der Waals surface area contributed by atoms with E-state index in [1.54, 1.807) is 0 Å². The van der Waals surface area contributed by atoms with Crippen molar-refractivity contribution in [1.82, 2.24) is 4.90 Å². The number of hydrogen-bond acceptors (Lipinski definition) is 4. The summed E-state index contributed by atoms with van der Waals surface area (Å²) < 4.78 is 0. The van der Waals surface area contributed by atoms with Crippen LogP contribution in [0.2, 0.25) is 0 Å². The minimum atomic E-state index is -0.570. The van der Waals surface area contributed by atoms with Gasteiger partial charge in [-0.05, 0) is 105 Å². The summed E-state index contributed by atoms with van der Waals surface area (Å²) in [6, 6.07) is 0.341. The van der Waals surface area contributed by atoms with Crippen molar-refractivity contribution in [3.63, 3.8) is 0 Å². The van der Waals surface area contributed by atoms with Crippen molar-refractivity contribution < 1.29 is 15.0 Å². The van der Waals surface area contributed by atoms with Gasteiger partial charge in [-0.25, -0.2) is 0 Å². The number of rotatable bonds is 0. The molecule has 0 aromatic heterocycles. The van der Waals surface area contributed by atoms with Gasteiger partial charge in [0.05, 0.1) is 11.7 Å². The average Bonchev–Trinajstić information content (AvgIpc) is 3.09. The minimum Gasteiger partial charge on any atom is -0.393 e. The summed E-state index contributed by atoms with van der Waals surface area (Å²) in [6.07, 6.45) is 9.08. The third-order valence-electron chi connectivity index (χ3n) is 11.8. The van der Waals surface area contributed by atoms with Gasteiger partial charge in [0.1, 0.15) is 5.78 Å². The van der Waals surface area contributed by atoms with Crippen molar-refractivity contribution in [2.24, 2.45) is 52.8 Å². The van der Waals surface area contributed by atoms with Crippen molar-refractivity contribution in [2.45, 2.75) is 96.3 Å². The Morgan fingerprint density at radius 2 is 1.71 bits per heavy atom. The lowest BCUT2D eigenvalue weighted by Crippen LogP contribution is -2.67. The number of carbonyl (C=O) groups is 1. The van der Waals surface area contributed by atoms with Gasteiger partial charge in [0.2, 0.25) is 0 Å². The zero-order chi connectivity index (χ0) is 21.7. The summed E-state index contributed by atoms with van der Waals surface area (Å²) in [7, 11) is 0. The Morgan fingerprint density at radius 1 is 0.903 bits per heavy atom. The number of ketones is 1. The van der Waals surface area contributed by atoms with Crippen LogP contribution in [0.4, 0.5) is 0 Å². The van der Waals surface area contributed by atoms with Gasteiger partial charge in [0.25, 0.3) is 0 Å². The largest absolute Gasteiger partial charge is 0.393 e. The van der Waals surface area contributed by atoms with E-state index in [0.717, 1.165) is 44.6 Å². The third kappa shape index (κ3) is 2.93. The van der Waals surface area contributed by atoms with Gasteiger partial charge in [-0.1, -0.05) is 13.8 Å². The molecule has 2 N–H and O–H groups in total. The number of aliphatic hydroxyl groups is 2. The van der Waals surface area contributed by atoms with Gasteiger partial charge in [-0.15, -0.1) is 0 Å². The fourth-order valence-electron chi connectivity index (χ4n) is 10.4. The molecule has 12 atom stereocenters. The van der Waals surface area contributed by atoms with Crippen LogP contribution in [0.15, 0.2) is 0 Å². The molecule has 0 bridgehead atoms. The van der Waals surface area contributed by atoms with Crippen molar-refractivity contribution in [3.05, 3.63) is 0 Å². The van der Waals surface area contributed by atoms with Gasteiger partial charge >= 0.3 is 0 Å². The second-order valence-corrected chi connectivity index (χ2v) is 13.2. The molecule has 0 aromatic rings. The van der Waals surface area contributed by atoms with E-state index < -0.39 is 5.60 Å². The van der Waals surface area contributed by atoms with Crippen molar-refractivity contribution in [1.29, 1.82) is 0 Å². The highest BCUT2D eigenvalue weighted by atomic mass is 16.3. The number of fused-ring (bicyclic) bond motifs is 8. The molecule has 0 aromatic carbocycles. The Hall–Kier alpha value is -0.450. The van der Waals surface area contributed by atoms with Gasteiger partial charge in [-0.3, -0.25) is 9.69 Å². The summed E-state index contributed by atoms with van der Waals surface area (Å²) in [5, 5.41) is 22.1. The van der Waals surface area contributed by atoms with E-state index in [4.69, 9.17) is 0 Å². The van der Waals surface area contributed by atoms with Crippen LogP contribution < -0.4 is 0 Å². The Kier molecular flexibility index (Phi) is 4.78. The maximum atomic E-state index is 13.2. The van der Waals surface area contributed by atoms with E-state index in [0.29, 0.717) is 53.8 Å². The topological polar surface area (TPSA) is 60.8 Å². The van der Waals surface area contributed by atoms with Crippen molar-refractivity contribution in [2.75, 3.05) is 13.1 Å². The number of carbonyl (C=O) groups excluding carboxylic acids is 1. The predicted octanol–water partition coefficient (Wildman–Crippen LogP) is 3.89. The zero-order valence-corrected chi connectivity index (χ0v) is 19.8. The van der Waals surface area contributed by atoms with Gasteiger partial charge in [0, 0.05) is 31.5 Å². The van der Waals surface area contributed by atoms with Crippen LogP contribution in [0, 0.1) is 52.8 Å². The normalized spacial score (nSPS) is 59.2. The fraction of sp³-hybridized carbons (Fsp3) is 0.963. The first-order valence-electron chi connectivity index (χ1n) is 13.4. The molecule has 31 heavy (non-hydrogen) atoms. The smallest absolute Gasteiger partial charge is 0.136 e. The molecule has 2 aliphatic heterocycles. The summed E-state index contributed by atoms with van der Waals surface area (Å²) >= 11 is 0. The molecule has 4 nitrogen and oxygen atoms in total. The molecule has 2 heterocycles.